The molecule has 2 rings (SSSR count). The van der Waals surface area contributed by atoms with Crippen LogP contribution in [-0.4, -0.2) is 5.25 Å². The number of thioether (sulfide) groups is 1. The normalized spacial score (nSPS) is 24.3. The van der Waals surface area contributed by atoms with Crippen molar-refractivity contribution in [2.45, 2.75) is 42.2 Å². The highest BCUT2D eigenvalue weighted by molar-refractivity contribution is 8.00. The third kappa shape index (κ3) is 3.57. The number of nitrogens with zero attached hydrogens (tertiary/aromatic N) is 1. The first-order valence-electron chi connectivity index (χ1n) is 6.22. The van der Waals surface area contributed by atoms with E-state index < -0.39 is 0 Å². The summed E-state index contributed by atoms with van der Waals surface area (Å²) in [6, 6.07) is 7.97. The minimum Gasteiger partial charge on any atom is -0.198 e. The molecule has 0 radical (unpaired) electrons. The predicted octanol–water partition coefficient (Wildman–Crippen LogP) is 5.56. The van der Waals surface area contributed by atoms with Crippen LogP contribution in [0.2, 0.25) is 10.0 Å². The number of hydrogen-bond donors (Lipinski definition) is 0. The third-order valence-corrected chi connectivity index (χ3v) is 5.43. The molecule has 4 heteroatoms. The maximum absolute atomic E-state index is 9.27. The lowest BCUT2D eigenvalue weighted by atomic mass is 10.0. The zero-order chi connectivity index (χ0) is 13.0. The quantitative estimate of drug-likeness (QED) is 0.668. The van der Waals surface area contributed by atoms with Crippen molar-refractivity contribution < 1.29 is 0 Å². The summed E-state index contributed by atoms with van der Waals surface area (Å²) in [7, 11) is 0. The van der Waals surface area contributed by atoms with Crippen molar-refractivity contribution in [1.82, 2.24) is 0 Å². The number of rotatable bonds is 2. The van der Waals surface area contributed by atoms with E-state index >= 15 is 0 Å². The average Bonchev–Trinajstić information content (AvgIpc) is 2.59. The summed E-state index contributed by atoms with van der Waals surface area (Å²) < 4.78 is 0. The molecule has 0 N–H and O–H groups in total. The van der Waals surface area contributed by atoms with Gasteiger partial charge in [-0.1, -0.05) is 42.5 Å². The van der Waals surface area contributed by atoms with Crippen molar-refractivity contribution in [1.29, 1.82) is 5.26 Å². The van der Waals surface area contributed by atoms with E-state index in [2.05, 4.69) is 6.07 Å². The fourth-order valence-corrected chi connectivity index (χ4v) is 4.13. The van der Waals surface area contributed by atoms with E-state index in [-0.39, 0.29) is 5.92 Å². The van der Waals surface area contributed by atoms with E-state index in [1.165, 1.54) is 19.3 Å². The molecule has 1 nitrogen and oxygen atoms in total. The lowest BCUT2D eigenvalue weighted by Crippen LogP contribution is -2.13. The average molecular weight is 300 g/mol. The molecule has 0 aromatic heterocycles. The fourth-order valence-electron chi connectivity index (χ4n) is 2.29. The Bertz CT molecular complexity index is 456. The van der Waals surface area contributed by atoms with Crippen LogP contribution in [0.15, 0.2) is 23.1 Å². The Morgan fingerprint density at radius 3 is 2.72 bits per heavy atom. The molecule has 1 aliphatic carbocycles. The minimum absolute atomic E-state index is 0.132. The summed E-state index contributed by atoms with van der Waals surface area (Å²) in [4.78, 5) is 0.997. The van der Waals surface area contributed by atoms with E-state index in [0.717, 1.165) is 22.8 Å². The lowest BCUT2D eigenvalue weighted by molar-refractivity contribution is 0.585. The Morgan fingerprint density at radius 1 is 1.17 bits per heavy atom. The standard InChI is InChI=1S/C14H15Cl2NS/c15-11-6-7-12(16)14(8-11)18-13-5-3-1-2-4-10(13)9-17/h6-8,10,13H,1-5H2. The van der Waals surface area contributed by atoms with Crippen LogP contribution in [0.25, 0.3) is 0 Å². The number of nitriles is 1. The van der Waals surface area contributed by atoms with E-state index in [0.29, 0.717) is 10.3 Å². The van der Waals surface area contributed by atoms with Crippen LogP contribution >= 0.6 is 35.0 Å². The molecule has 1 saturated carbocycles. The Morgan fingerprint density at radius 2 is 1.94 bits per heavy atom. The van der Waals surface area contributed by atoms with E-state index in [4.69, 9.17) is 23.2 Å². The Balaban J connectivity index is 2.15. The van der Waals surface area contributed by atoms with Gasteiger partial charge in [0.15, 0.2) is 0 Å². The van der Waals surface area contributed by atoms with Crippen molar-refractivity contribution in [3.8, 4) is 6.07 Å². The second-order valence-corrected chi connectivity index (χ2v) is 6.73. The maximum Gasteiger partial charge on any atom is 0.0667 e. The van der Waals surface area contributed by atoms with Crippen molar-refractivity contribution in [3.05, 3.63) is 28.2 Å². The van der Waals surface area contributed by atoms with Gasteiger partial charge in [0.2, 0.25) is 0 Å². The molecule has 0 heterocycles. The highest BCUT2D eigenvalue weighted by Crippen LogP contribution is 2.39. The van der Waals surface area contributed by atoms with Gasteiger partial charge in [0.1, 0.15) is 0 Å². The monoisotopic (exact) mass is 299 g/mol. The Kier molecular flexibility index (Phi) is 5.24. The Labute approximate surface area is 122 Å². The summed E-state index contributed by atoms with van der Waals surface area (Å²) in [5.41, 5.74) is 0. The van der Waals surface area contributed by atoms with E-state index in [9.17, 15) is 5.26 Å². The van der Waals surface area contributed by atoms with Crippen LogP contribution in [0.5, 0.6) is 0 Å². The molecule has 1 fully saturated rings. The van der Waals surface area contributed by atoms with Gasteiger partial charge in [-0.15, -0.1) is 11.8 Å². The summed E-state index contributed by atoms with van der Waals surface area (Å²) in [6.07, 6.45) is 5.70. The first-order valence-corrected chi connectivity index (χ1v) is 7.85. The molecule has 0 amide bonds. The highest BCUT2D eigenvalue weighted by Gasteiger charge is 2.25. The molecule has 96 valence electrons. The molecule has 1 aliphatic rings. The van der Waals surface area contributed by atoms with Crippen LogP contribution in [0.1, 0.15) is 32.1 Å². The molecule has 0 saturated heterocycles. The van der Waals surface area contributed by atoms with Crippen LogP contribution in [0, 0.1) is 17.2 Å². The fraction of sp³-hybridized carbons (Fsp3) is 0.500. The second kappa shape index (κ2) is 6.70. The number of benzene rings is 1. The van der Waals surface area contributed by atoms with Crippen LogP contribution in [0.4, 0.5) is 0 Å². The molecule has 18 heavy (non-hydrogen) atoms. The molecule has 2 unspecified atom stereocenters. The van der Waals surface area contributed by atoms with Crippen LogP contribution in [-0.2, 0) is 0 Å². The van der Waals surface area contributed by atoms with Gasteiger partial charge >= 0.3 is 0 Å². The summed E-state index contributed by atoms with van der Waals surface area (Å²) in [5.74, 6) is 0.132. The topological polar surface area (TPSA) is 23.8 Å². The van der Waals surface area contributed by atoms with Crippen LogP contribution in [0.3, 0.4) is 0 Å². The van der Waals surface area contributed by atoms with Gasteiger partial charge in [-0.05, 0) is 31.0 Å². The number of hydrogen-bond acceptors (Lipinski definition) is 2. The second-order valence-electron chi connectivity index (χ2n) is 4.60. The van der Waals surface area contributed by atoms with Gasteiger partial charge in [-0.2, -0.15) is 5.26 Å². The van der Waals surface area contributed by atoms with Gasteiger partial charge < -0.3 is 0 Å². The largest absolute Gasteiger partial charge is 0.198 e. The predicted molar refractivity (Wildman–Crippen MR) is 78.3 cm³/mol. The molecule has 1 aromatic rings. The van der Waals surface area contributed by atoms with Gasteiger partial charge in [0.25, 0.3) is 0 Å². The molecule has 0 spiro atoms. The lowest BCUT2D eigenvalue weighted by Gasteiger charge is -2.19. The zero-order valence-corrected chi connectivity index (χ0v) is 12.4. The SMILES string of the molecule is N#CC1CCCCCC1Sc1cc(Cl)ccc1Cl. The van der Waals surface area contributed by atoms with Crippen molar-refractivity contribution in [3.63, 3.8) is 0 Å². The third-order valence-electron chi connectivity index (χ3n) is 3.29. The zero-order valence-electron chi connectivity index (χ0n) is 10.0. The van der Waals surface area contributed by atoms with E-state index in [1.54, 1.807) is 17.8 Å². The van der Waals surface area contributed by atoms with Crippen molar-refractivity contribution >= 4 is 35.0 Å². The smallest absolute Gasteiger partial charge is 0.0667 e. The van der Waals surface area contributed by atoms with Gasteiger partial charge in [-0.25, -0.2) is 0 Å². The summed E-state index contributed by atoms with van der Waals surface area (Å²) in [6.45, 7) is 0. The van der Waals surface area contributed by atoms with Gasteiger partial charge in [0, 0.05) is 15.2 Å². The molecular weight excluding hydrogens is 285 g/mol. The first-order chi connectivity index (χ1) is 8.70. The van der Waals surface area contributed by atoms with Gasteiger partial charge in [0.05, 0.1) is 17.0 Å². The molecule has 0 bridgehead atoms. The van der Waals surface area contributed by atoms with E-state index in [1.807, 2.05) is 12.1 Å². The number of halogens is 2. The Hall–Kier alpha value is -0.360. The first kappa shape index (κ1) is 14.1. The molecule has 2 atom stereocenters. The minimum atomic E-state index is 0.132. The van der Waals surface area contributed by atoms with Crippen LogP contribution < -0.4 is 0 Å². The van der Waals surface area contributed by atoms with Crippen molar-refractivity contribution in [2.24, 2.45) is 5.92 Å². The molecule has 0 aliphatic heterocycles. The molecular formula is C14H15Cl2NS. The maximum atomic E-state index is 9.27. The van der Waals surface area contributed by atoms with Crippen molar-refractivity contribution in [2.75, 3.05) is 0 Å². The highest BCUT2D eigenvalue weighted by atomic mass is 35.5. The summed E-state index contributed by atoms with van der Waals surface area (Å²) in [5, 5.41) is 11.0. The molecule has 1 aromatic carbocycles. The van der Waals surface area contributed by atoms with Gasteiger partial charge in [-0.3, -0.25) is 0 Å². The summed E-state index contributed by atoms with van der Waals surface area (Å²) >= 11 is 13.9.